The smallest absolute Gasteiger partial charge is 0.387 e. The number of anilines is 1. The second-order valence-corrected chi connectivity index (χ2v) is 14.6. The van der Waals surface area contributed by atoms with Crippen LogP contribution in [0, 0.1) is 5.92 Å². The minimum Gasteiger partial charge on any atom is -0.495 e. The zero-order valence-electron chi connectivity index (χ0n) is 25.6. The molecule has 0 saturated heterocycles. The molecule has 1 atom stereocenters. The Morgan fingerprint density at radius 2 is 1.77 bits per heavy atom. The average Bonchev–Trinajstić information content (AvgIpc) is 3.84. The zero-order chi connectivity index (χ0) is 34.9. The molecule has 0 aromatic heterocycles. The molecular formula is C30H34Cl2F2N2O9S2. The van der Waals surface area contributed by atoms with Crippen LogP contribution in [-0.4, -0.2) is 55.9 Å². The van der Waals surface area contributed by atoms with Crippen LogP contribution in [0.1, 0.15) is 37.9 Å². The first kappa shape index (κ1) is 38.1. The molecule has 17 heteroatoms. The maximum absolute atomic E-state index is 13.1. The maximum atomic E-state index is 13.1. The molecule has 1 aliphatic rings. The quantitative estimate of drug-likeness (QED) is 0.134. The Kier molecular flexibility index (Phi) is 13.5. The largest absolute Gasteiger partial charge is 0.495 e. The number of carbonyl (C=O) groups is 1. The summed E-state index contributed by atoms with van der Waals surface area (Å²) in [5.41, 5.74) is 0.479. The van der Waals surface area contributed by atoms with Crippen LogP contribution in [0.15, 0.2) is 75.7 Å². The van der Waals surface area contributed by atoms with Crippen LogP contribution in [-0.2, 0) is 29.6 Å². The van der Waals surface area contributed by atoms with Gasteiger partial charge in [-0.15, -0.1) is 0 Å². The molecule has 1 saturated carbocycles. The molecule has 47 heavy (non-hydrogen) atoms. The van der Waals surface area contributed by atoms with Gasteiger partial charge in [-0.2, -0.15) is 13.5 Å². The van der Waals surface area contributed by atoms with Crippen molar-refractivity contribution in [1.29, 1.82) is 0 Å². The van der Waals surface area contributed by atoms with Gasteiger partial charge in [-0.1, -0.05) is 48.0 Å². The number of hydrogen-bond donors (Lipinski definition) is 2. The Morgan fingerprint density at radius 3 is 2.34 bits per heavy atom. The van der Waals surface area contributed by atoms with Gasteiger partial charge in [0.2, 0.25) is 20.0 Å². The van der Waals surface area contributed by atoms with Crippen LogP contribution in [0.4, 0.5) is 14.5 Å². The molecule has 0 heterocycles. The normalized spacial score (nSPS) is 15.0. The molecule has 11 nitrogen and oxygen atoms in total. The molecule has 1 aliphatic carbocycles. The third-order valence-corrected chi connectivity index (χ3v) is 9.40. The van der Waals surface area contributed by atoms with E-state index < -0.39 is 45.3 Å². The summed E-state index contributed by atoms with van der Waals surface area (Å²) in [6.07, 6.45) is 4.35. The van der Waals surface area contributed by atoms with Gasteiger partial charge in [0.1, 0.15) is 18.4 Å². The summed E-state index contributed by atoms with van der Waals surface area (Å²) in [4.78, 5) is 12.7. The highest BCUT2D eigenvalue weighted by atomic mass is 35.5. The second kappa shape index (κ2) is 16.6. The standard InChI is InChI=1S/C30H34Cl2F2N2O9S2/c1-5-22(31)21(23(32)6-2)15-27(19-9-11-26(45-30(33)34)28(13-19)43-17-18-7-8-18)44-29(37)16-35-47(40,41)20-10-12-25(42-3)24(14-20)36-46(4,38)39/h5-6,9-14,18,27,30,35-36H,1,7-8,15-17H2,2-4H3/b22-21+,23-6+/t27-/m0/s1. The molecule has 0 radical (unpaired) electrons. The van der Waals surface area contributed by atoms with Crippen molar-refractivity contribution in [2.24, 2.45) is 5.92 Å². The average molecular weight is 740 g/mol. The van der Waals surface area contributed by atoms with Crippen LogP contribution in [0.3, 0.4) is 0 Å². The van der Waals surface area contributed by atoms with Crippen LogP contribution in [0.5, 0.6) is 17.2 Å². The van der Waals surface area contributed by atoms with E-state index in [1.165, 1.54) is 37.5 Å². The van der Waals surface area contributed by atoms with Crippen molar-refractivity contribution in [2.75, 3.05) is 31.2 Å². The van der Waals surface area contributed by atoms with Crippen molar-refractivity contribution in [2.45, 2.75) is 43.8 Å². The lowest BCUT2D eigenvalue weighted by atomic mass is 9.99. The van der Waals surface area contributed by atoms with Crippen molar-refractivity contribution < 1.29 is 49.4 Å². The van der Waals surface area contributed by atoms with Gasteiger partial charge >= 0.3 is 12.6 Å². The molecular weight excluding hydrogens is 705 g/mol. The van der Waals surface area contributed by atoms with Gasteiger partial charge in [0, 0.05) is 16.5 Å². The molecule has 3 rings (SSSR count). The fourth-order valence-electron chi connectivity index (χ4n) is 4.11. The molecule has 1 fully saturated rings. The van der Waals surface area contributed by atoms with Crippen LogP contribution in [0.2, 0.25) is 0 Å². The number of alkyl halides is 2. The third-order valence-electron chi connectivity index (χ3n) is 6.58. The lowest BCUT2D eigenvalue weighted by Gasteiger charge is -2.22. The second-order valence-electron chi connectivity index (χ2n) is 10.2. The highest BCUT2D eigenvalue weighted by Crippen LogP contribution is 2.39. The number of sulfonamides is 2. The predicted molar refractivity (Wildman–Crippen MR) is 174 cm³/mol. The molecule has 0 aliphatic heterocycles. The number of halogens is 4. The molecule has 0 spiro atoms. The highest BCUT2D eigenvalue weighted by Gasteiger charge is 2.27. The first-order valence-corrected chi connectivity index (χ1v) is 18.1. The van der Waals surface area contributed by atoms with Gasteiger partial charge in [-0.05, 0) is 67.2 Å². The number of esters is 1. The lowest BCUT2D eigenvalue weighted by Crippen LogP contribution is -2.31. The van der Waals surface area contributed by atoms with E-state index in [-0.39, 0.29) is 62.4 Å². The molecule has 2 N–H and O–H groups in total. The molecule has 2 aromatic rings. The van der Waals surface area contributed by atoms with Gasteiger partial charge in [0.25, 0.3) is 0 Å². The number of nitrogens with one attached hydrogen (secondary N) is 2. The van der Waals surface area contributed by atoms with E-state index in [1.807, 2.05) is 0 Å². The lowest BCUT2D eigenvalue weighted by molar-refractivity contribution is -0.147. The number of hydrogen-bond acceptors (Lipinski definition) is 9. The summed E-state index contributed by atoms with van der Waals surface area (Å²) in [5.74, 6) is -0.924. The number of ether oxygens (including phenoxy) is 4. The SMILES string of the molecule is C=C/C(Cl)=C(C[C@H](OC(=O)CNS(=O)(=O)c1ccc(OC)c(NS(C)(=O)=O)c1)c1ccc(OC(F)F)c(OCC2CC2)c1)\C(Cl)=C/C. The van der Waals surface area contributed by atoms with Gasteiger partial charge in [-0.25, -0.2) is 16.8 Å². The van der Waals surface area contributed by atoms with E-state index >= 15 is 0 Å². The summed E-state index contributed by atoms with van der Waals surface area (Å²) in [7, 11) is -6.89. The Hall–Kier alpha value is -3.37. The topological polar surface area (TPSA) is 146 Å². The van der Waals surface area contributed by atoms with E-state index in [0.717, 1.165) is 31.2 Å². The Balaban J connectivity index is 1.91. The maximum Gasteiger partial charge on any atom is 0.387 e. The number of carbonyl (C=O) groups excluding carboxylic acids is 1. The minimum atomic E-state index is -4.37. The Bertz CT molecular complexity index is 1750. The predicted octanol–water partition coefficient (Wildman–Crippen LogP) is 6.23. The third kappa shape index (κ3) is 11.7. The summed E-state index contributed by atoms with van der Waals surface area (Å²) >= 11 is 12.8. The van der Waals surface area contributed by atoms with Crippen molar-refractivity contribution in [3.63, 3.8) is 0 Å². The number of rotatable bonds is 18. The van der Waals surface area contributed by atoms with E-state index in [0.29, 0.717) is 5.57 Å². The van der Waals surface area contributed by atoms with Gasteiger partial charge < -0.3 is 18.9 Å². The summed E-state index contributed by atoms with van der Waals surface area (Å²) in [5, 5.41) is 0.369. The monoisotopic (exact) mass is 738 g/mol. The summed E-state index contributed by atoms with van der Waals surface area (Å²) < 4.78 is 101. The van der Waals surface area contributed by atoms with Gasteiger partial charge in [0.05, 0.1) is 30.6 Å². The van der Waals surface area contributed by atoms with Crippen molar-refractivity contribution in [3.8, 4) is 17.2 Å². The Labute approximate surface area is 282 Å². The van der Waals surface area contributed by atoms with E-state index in [9.17, 15) is 30.4 Å². The van der Waals surface area contributed by atoms with E-state index in [2.05, 4.69) is 20.8 Å². The summed E-state index contributed by atoms with van der Waals surface area (Å²) in [6.45, 7) is 1.60. The molecule has 258 valence electrons. The van der Waals surface area contributed by atoms with Crippen LogP contribution < -0.4 is 23.7 Å². The first-order chi connectivity index (χ1) is 22.1. The molecule has 0 bridgehead atoms. The van der Waals surface area contributed by atoms with Crippen molar-refractivity contribution >= 4 is 54.9 Å². The number of methoxy groups -OCH3 is 1. The number of allylic oxidation sites excluding steroid dienone is 4. The molecule has 2 aromatic carbocycles. The van der Waals surface area contributed by atoms with E-state index in [4.69, 9.17) is 37.4 Å². The first-order valence-electron chi connectivity index (χ1n) is 14.0. The molecule has 0 unspecified atom stereocenters. The number of benzene rings is 2. The van der Waals surface area contributed by atoms with Gasteiger partial charge in [0.15, 0.2) is 11.5 Å². The van der Waals surface area contributed by atoms with E-state index in [1.54, 1.807) is 13.0 Å². The zero-order valence-corrected chi connectivity index (χ0v) is 28.7. The fourth-order valence-corrected chi connectivity index (χ4v) is 6.07. The van der Waals surface area contributed by atoms with Crippen LogP contribution >= 0.6 is 23.2 Å². The molecule has 0 amide bonds. The van der Waals surface area contributed by atoms with Crippen molar-refractivity contribution in [1.82, 2.24) is 4.72 Å². The van der Waals surface area contributed by atoms with Crippen LogP contribution in [0.25, 0.3) is 0 Å². The van der Waals surface area contributed by atoms with Crippen molar-refractivity contribution in [3.05, 3.63) is 76.3 Å². The minimum absolute atomic E-state index is 0.00746. The highest BCUT2D eigenvalue weighted by molar-refractivity contribution is 7.92. The fraction of sp³-hybridized carbons (Fsp3) is 0.367. The Morgan fingerprint density at radius 1 is 1.09 bits per heavy atom. The summed E-state index contributed by atoms with van der Waals surface area (Å²) in [6, 6.07) is 7.44. The van der Waals surface area contributed by atoms with Gasteiger partial charge in [-0.3, -0.25) is 9.52 Å².